The Balaban J connectivity index is 1.55. The smallest absolute Gasteiger partial charge is 0.258 e. The lowest BCUT2D eigenvalue weighted by atomic mass is 10.2. The van der Waals surface area contributed by atoms with Crippen LogP contribution in [0.25, 0.3) is 0 Å². The summed E-state index contributed by atoms with van der Waals surface area (Å²) in [5.41, 5.74) is 4.19. The molecule has 3 rings (SSSR count). The van der Waals surface area contributed by atoms with E-state index in [0.717, 1.165) is 17.0 Å². The predicted octanol–water partition coefficient (Wildman–Crippen LogP) is 3.90. The third-order valence-corrected chi connectivity index (χ3v) is 4.60. The number of nitrogens with zero attached hydrogens (tertiary/aromatic N) is 2. The number of ether oxygens (including phenoxy) is 1. The summed E-state index contributed by atoms with van der Waals surface area (Å²) in [7, 11) is 0. The van der Waals surface area contributed by atoms with E-state index >= 15 is 0 Å². The highest BCUT2D eigenvalue weighted by Crippen LogP contribution is 2.16. The molecule has 0 aliphatic rings. The number of hydrogen-bond acceptors (Lipinski definition) is 3. The molecule has 0 saturated carbocycles. The Bertz CT molecular complexity index is 905. The Morgan fingerprint density at radius 3 is 2.52 bits per heavy atom. The van der Waals surface area contributed by atoms with E-state index in [2.05, 4.69) is 22.5 Å². The number of benzene rings is 2. The second-order valence-corrected chi connectivity index (χ2v) is 6.75. The van der Waals surface area contributed by atoms with Crippen molar-refractivity contribution in [2.24, 2.45) is 0 Å². The zero-order chi connectivity index (χ0) is 19.2. The van der Waals surface area contributed by atoms with E-state index in [4.69, 9.17) is 16.3 Å². The molecule has 0 saturated heterocycles. The van der Waals surface area contributed by atoms with Crippen molar-refractivity contribution in [1.82, 2.24) is 15.1 Å². The molecule has 0 unspecified atom stereocenters. The van der Waals surface area contributed by atoms with Gasteiger partial charge >= 0.3 is 0 Å². The molecule has 1 aromatic heterocycles. The van der Waals surface area contributed by atoms with Crippen molar-refractivity contribution in [3.8, 4) is 5.75 Å². The van der Waals surface area contributed by atoms with E-state index in [1.54, 1.807) is 24.3 Å². The lowest BCUT2D eigenvalue weighted by Crippen LogP contribution is -2.28. The van der Waals surface area contributed by atoms with Crippen molar-refractivity contribution in [1.29, 1.82) is 0 Å². The first-order valence-corrected chi connectivity index (χ1v) is 9.12. The summed E-state index contributed by atoms with van der Waals surface area (Å²) >= 11 is 5.83. The van der Waals surface area contributed by atoms with Gasteiger partial charge in [0.15, 0.2) is 6.61 Å². The first kappa shape index (κ1) is 19.0. The van der Waals surface area contributed by atoms with Crippen molar-refractivity contribution in [3.05, 3.63) is 82.1 Å². The zero-order valence-corrected chi connectivity index (χ0v) is 16.2. The average molecular weight is 384 g/mol. The molecule has 140 valence electrons. The van der Waals surface area contributed by atoms with Crippen LogP contribution in [0.5, 0.6) is 5.75 Å². The van der Waals surface area contributed by atoms with Gasteiger partial charge in [0.05, 0.1) is 12.2 Å². The Morgan fingerprint density at radius 1 is 1.11 bits per heavy atom. The maximum absolute atomic E-state index is 12.1. The monoisotopic (exact) mass is 383 g/mol. The van der Waals surface area contributed by atoms with Crippen LogP contribution in [0.1, 0.15) is 22.5 Å². The Kier molecular flexibility index (Phi) is 6.14. The normalized spacial score (nSPS) is 10.6. The molecule has 2 aromatic carbocycles. The SMILES string of the molecule is Cc1nn(Cc2ccccc2)c(C)c1CNC(=O)COc1ccc(Cl)cc1. The number of rotatable bonds is 7. The molecule has 0 radical (unpaired) electrons. The van der Waals surface area contributed by atoms with E-state index < -0.39 is 0 Å². The third-order valence-electron chi connectivity index (χ3n) is 4.35. The number of nitrogens with one attached hydrogen (secondary N) is 1. The molecular formula is C21H22ClN3O2. The summed E-state index contributed by atoms with van der Waals surface area (Å²) in [6.07, 6.45) is 0. The van der Waals surface area contributed by atoms with E-state index in [1.807, 2.05) is 36.7 Å². The summed E-state index contributed by atoms with van der Waals surface area (Å²) in [5, 5.41) is 8.13. The first-order valence-electron chi connectivity index (χ1n) is 8.75. The van der Waals surface area contributed by atoms with Gasteiger partial charge in [0.1, 0.15) is 5.75 Å². The van der Waals surface area contributed by atoms with Crippen molar-refractivity contribution < 1.29 is 9.53 Å². The summed E-state index contributed by atoms with van der Waals surface area (Å²) in [6, 6.07) is 17.1. The maximum Gasteiger partial charge on any atom is 0.258 e. The lowest BCUT2D eigenvalue weighted by molar-refractivity contribution is -0.123. The number of aryl methyl sites for hydroxylation is 1. The van der Waals surface area contributed by atoms with E-state index in [1.165, 1.54) is 5.56 Å². The van der Waals surface area contributed by atoms with Crippen LogP contribution in [0.15, 0.2) is 54.6 Å². The number of aromatic nitrogens is 2. The summed E-state index contributed by atoms with van der Waals surface area (Å²) in [5.74, 6) is 0.428. The molecule has 0 atom stereocenters. The second-order valence-electron chi connectivity index (χ2n) is 6.31. The summed E-state index contributed by atoms with van der Waals surface area (Å²) in [6.45, 7) is 5.07. The minimum Gasteiger partial charge on any atom is -0.484 e. The molecule has 0 spiro atoms. The highest BCUT2D eigenvalue weighted by molar-refractivity contribution is 6.30. The molecule has 3 aromatic rings. The number of carbonyl (C=O) groups is 1. The molecular weight excluding hydrogens is 362 g/mol. The number of hydrogen-bond donors (Lipinski definition) is 1. The van der Waals surface area contributed by atoms with Gasteiger partial charge in [-0.1, -0.05) is 41.9 Å². The molecule has 0 aliphatic carbocycles. The Labute approximate surface area is 163 Å². The number of amides is 1. The fraction of sp³-hybridized carbons (Fsp3) is 0.238. The highest BCUT2D eigenvalue weighted by Gasteiger charge is 2.13. The largest absolute Gasteiger partial charge is 0.484 e. The number of halogens is 1. The molecule has 1 N–H and O–H groups in total. The van der Waals surface area contributed by atoms with Gasteiger partial charge in [0.2, 0.25) is 0 Å². The van der Waals surface area contributed by atoms with Crippen molar-refractivity contribution in [3.63, 3.8) is 0 Å². The van der Waals surface area contributed by atoms with E-state index in [-0.39, 0.29) is 12.5 Å². The van der Waals surface area contributed by atoms with Crippen molar-refractivity contribution in [2.45, 2.75) is 26.9 Å². The Morgan fingerprint density at radius 2 is 1.81 bits per heavy atom. The van der Waals surface area contributed by atoms with Gasteiger partial charge in [-0.15, -0.1) is 0 Å². The quantitative estimate of drug-likeness (QED) is 0.673. The topological polar surface area (TPSA) is 56.2 Å². The van der Waals surface area contributed by atoms with E-state index in [0.29, 0.717) is 23.9 Å². The highest BCUT2D eigenvalue weighted by atomic mass is 35.5. The van der Waals surface area contributed by atoms with Gasteiger partial charge in [0.25, 0.3) is 5.91 Å². The molecule has 0 bridgehead atoms. The van der Waals surface area contributed by atoms with Gasteiger partial charge in [-0.2, -0.15) is 5.10 Å². The molecule has 1 amide bonds. The van der Waals surface area contributed by atoms with Crippen LogP contribution in [0, 0.1) is 13.8 Å². The third kappa shape index (κ3) is 5.11. The van der Waals surface area contributed by atoms with Crippen LogP contribution in [-0.4, -0.2) is 22.3 Å². The van der Waals surface area contributed by atoms with Crippen LogP contribution in [0.2, 0.25) is 5.02 Å². The Hall–Kier alpha value is -2.79. The van der Waals surface area contributed by atoms with Gasteiger partial charge in [0, 0.05) is 22.8 Å². The fourth-order valence-electron chi connectivity index (χ4n) is 2.82. The van der Waals surface area contributed by atoms with Crippen molar-refractivity contribution in [2.75, 3.05) is 6.61 Å². The van der Waals surface area contributed by atoms with E-state index in [9.17, 15) is 4.79 Å². The molecule has 6 heteroatoms. The molecule has 5 nitrogen and oxygen atoms in total. The van der Waals surface area contributed by atoms with Gasteiger partial charge < -0.3 is 10.1 Å². The number of carbonyl (C=O) groups excluding carboxylic acids is 1. The van der Waals surface area contributed by atoms with Gasteiger partial charge in [-0.05, 0) is 43.7 Å². The molecule has 0 fully saturated rings. The molecule has 27 heavy (non-hydrogen) atoms. The molecule has 0 aliphatic heterocycles. The summed E-state index contributed by atoms with van der Waals surface area (Å²) in [4.78, 5) is 12.1. The summed E-state index contributed by atoms with van der Waals surface area (Å²) < 4.78 is 7.43. The van der Waals surface area contributed by atoms with Crippen LogP contribution < -0.4 is 10.1 Å². The van der Waals surface area contributed by atoms with Crippen LogP contribution >= 0.6 is 11.6 Å². The fourth-order valence-corrected chi connectivity index (χ4v) is 2.94. The van der Waals surface area contributed by atoms with Crippen LogP contribution in [0.3, 0.4) is 0 Å². The van der Waals surface area contributed by atoms with Crippen molar-refractivity contribution >= 4 is 17.5 Å². The first-order chi connectivity index (χ1) is 13.0. The van der Waals surface area contributed by atoms with Crippen LogP contribution in [0.4, 0.5) is 0 Å². The minimum atomic E-state index is -0.181. The van der Waals surface area contributed by atoms with Gasteiger partial charge in [-0.25, -0.2) is 0 Å². The minimum absolute atomic E-state index is 0.0438. The predicted molar refractivity (Wildman–Crippen MR) is 106 cm³/mol. The maximum atomic E-state index is 12.1. The average Bonchev–Trinajstić information content (AvgIpc) is 2.93. The lowest BCUT2D eigenvalue weighted by Gasteiger charge is -2.09. The van der Waals surface area contributed by atoms with Gasteiger partial charge in [-0.3, -0.25) is 9.48 Å². The molecule has 1 heterocycles. The second kappa shape index (κ2) is 8.73. The zero-order valence-electron chi connectivity index (χ0n) is 15.4. The standard InChI is InChI=1S/C21H22ClN3O2/c1-15-20(16(2)25(24-15)13-17-6-4-3-5-7-17)12-23-21(26)14-27-19-10-8-18(22)9-11-19/h3-11H,12-14H2,1-2H3,(H,23,26). The van der Waals surface area contributed by atoms with Crippen LogP contribution in [-0.2, 0) is 17.9 Å².